The van der Waals surface area contributed by atoms with Crippen LogP contribution in [0.3, 0.4) is 0 Å². The number of rotatable bonds is 1. The summed E-state index contributed by atoms with van der Waals surface area (Å²) in [6.07, 6.45) is 0. The van der Waals surface area contributed by atoms with Crippen molar-refractivity contribution < 1.29 is 0 Å². The molecule has 0 atom stereocenters. The van der Waals surface area contributed by atoms with E-state index in [0.717, 1.165) is 10.8 Å². The molecule has 0 heterocycles. The Bertz CT molecular complexity index is 423. The van der Waals surface area contributed by atoms with Crippen molar-refractivity contribution >= 4 is 16.5 Å². The fraction of sp³-hybridized carbons (Fsp3) is 0. The number of nitrogens with zero attached hydrogens (tertiary/aromatic N) is 1. The molecule has 0 saturated carbocycles. The van der Waals surface area contributed by atoms with Crippen LogP contribution in [-0.4, -0.2) is 0 Å². The van der Waals surface area contributed by atoms with Crippen LogP contribution in [0.2, 0.25) is 0 Å². The van der Waals surface area contributed by atoms with Gasteiger partial charge in [0.05, 0.1) is 0 Å². The van der Waals surface area contributed by atoms with Gasteiger partial charge in [-0.05, 0) is 28.1 Å². The molecular formula is C10H7NO. The number of benzene rings is 2. The standard InChI is InChI=1S/C10H7NO/c12-11-10-6-5-8-3-1-2-4-9(8)7-10/h1-7H. The molecule has 12 heavy (non-hydrogen) atoms. The van der Waals surface area contributed by atoms with Gasteiger partial charge in [-0.15, -0.1) is 4.91 Å². The van der Waals surface area contributed by atoms with Crippen molar-refractivity contribution in [1.82, 2.24) is 0 Å². The highest BCUT2D eigenvalue weighted by Crippen LogP contribution is 2.20. The zero-order valence-corrected chi connectivity index (χ0v) is 6.40. The maximum Gasteiger partial charge on any atom is 0.108 e. The zero-order chi connectivity index (χ0) is 8.39. The molecule has 0 radical (unpaired) electrons. The summed E-state index contributed by atoms with van der Waals surface area (Å²) in [7, 11) is 0. The summed E-state index contributed by atoms with van der Waals surface area (Å²) in [4.78, 5) is 10.2. The predicted octanol–water partition coefficient (Wildman–Crippen LogP) is 3.24. The van der Waals surface area contributed by atoms with Gasteiger partial charge in [-0.25, -0.2) is 0 Å². The van der Waals surface area contributed by atoms with Crippen molar-refractivity contribution in [3.8, 4) is 0 Å². The first-order valence-electron chi connectivity index (χ1n) is 3.72. The summed E-state index contributed by atoms with van der Waals surface area (Å²) < 4.78 is 0. The molecule has 2 aromatic carbocycles. The lowest BCUT2D eigenvalue weighted by molar-refractivity contribution is 1.52. The van der Waals surface area contributed by atoms with Crippen molar-refractivity contribution in [3.05, 3.63) is 47.4 Å². The molecule has 0 aromatic heterocycles. The van der Waals surface area contributed by atoms with E-state index in [1.54, 1.807) is 12.1 Å². The molecule has 2 heteroatoms. The summed E-state index contributed by atoms with van der Waals surface area (Å²) in [5, 5.41) is 5.05. The maximum atomic E-state index is 10.2. The third-order valence-corrected chi connectivity index (χ3v) is 1.84. The lowest BCUT2D eigenvalue weighted by Crippen LogP contribution is -1.69. The largest absolute Gasteiger partial charge is 0.145 e. The average molecular weight is 157 g/mol. The van der Waals surface area contributed by atoms with E-state index in [2.05, 4.69) is 5.18 Å². The highest BCUT2D eigenvalue weighted by atomic mass is 16.3. The number of fused-ring (bicyclic) bond motifs is 1. The van der Waals surface area contributed by atoms with Crippen LogP contribution in [0.4, 0.5) is 5.69 Å². The average Bonchev–Trinajstić information content (AvgIpc) is 2.17. The lowest BCUT2D eigenvalue weighted by atomic mass is 10.1. The second-order valence-electron chi connectivity index (χ2n) is 2.62. The van der Waals surface area contributed by atoms with Gasteiger partial charge >= 0.3 is 0 Å². The van der Waals surface area contributed by atoms with Gasteiger partial charge in [0.1, 0.15) is 5.69 Å². The molecule has 2 rings (SSSR count). The van der Waals surface area contributed by atoms with Gasteiger partial charge in [-0.2, -0.15) is 0 Å². The number of hydrogen-bond acceptors (Lipinski definition) is 2. The summed E-state index contributed by atoms with van der Waals surface area (Å²) in [6, 6.07) is 13.3. The van der Waals surface area contributed by atoms with Gasteiger partial charge in [-0.3, -0.25) is 0 Å². The molecule has 0 aliphatic heterocycles. The molecule has 58 valence electrons. The van der Waals surface area contributed by atoms with E-state index in [1.165, 1.54) is 0 Å². The molecule has 2 aromatic rings. The fourth-order valence-electron chi connectivity index (χ4n) is 1.23. The van der Waals surface area contributed by atoms with Crippen LogP contribution in [0.25, 0.3) is 10.8 Å². The zero-order valence-electron chi connectivity index (χ0n) is 6.40. The van der Waals surface area contributed by atoms with Crippen molar-refractivity contribution in [3.63, 3.8) is 0 Å². The Kier molecular flexibility index (Phi) is 1.59. The van der Waals surface area contributed by atoms with E-state index in [-0.39, 0.29) is 0 Å². The first kappa shape index (κ1) is 6.98. The molecule has 0 spiro atoms. The van der Waals surface area contributed by atoms with Gasteiger partial charge in [-0.1, -0.05) is 30.3 Å². The molecule has 0 fully saturated rings. The first-order valence-corrected chi connectivity index (χ1v) is 3.72. The Hall–Kier alpha value is -1.70. The SMILES string of the molecule is O=Nc1ccc2ccccc2c1. The predicted molar refractivity (Wildman–Crippen MR) is 49.4 cm³/mol. The lowest BCUT2D eigenvalue weighted by Gasteiger charge is -1.95. The van der Waals surface area contributed by atoms with Gasteiger partial charge in [0.25, 0.3) is 0 Å². The van der Waals surface area contributed by atoms with Crippen LogP contribution in [0.15, 0.2) is 47.6 Å². The molecule has 0 aliphatic carbocycles. The van der Waals surface area contributed by atoms with Crippen LogP contribution in [0.1, 0.15) is 0 Å². The Morgan fingerprint density at radius 2 is 1.67 bits per heavy atom. The highest BCUT2D eigenvalue weighted by Gasteiger charge is 1.93. The van der Waals surface area contributed by atoms with E-state index in [9.17, 15) is 4.91 Å². The fourth-order valence-corrected chi connectivity index (χ4v) is 1.23. The minimum absolute atomic E-state index is 0.480. The molecule has 0 unspecified atom stereocenters. The van der Waals surface area contributed by atoms with E-state index in [4.69, 9.17) is 0 Å². The smallest absolute Gasteiger partial charge is 0.108 e. The monoisotopic (exact) mass is 157 g/mol. The van der Waals surface area contributed by atoms with E-state index < -0.39 is 0 Å². The first-order chi connectivity index (χ1) is 5.90. The normalized spacial score (nSPS) is 10.0. The minimum Gasteiger partial charge on any atom is -0.145 e. The van der Waals surface area contributed by atoms with Crippen LogP contribution in [-0.2, 0) is 0 Å². The number of nitroso groups, excluding NO2 is 1. The van der Waals surface area contributed by atoms with Crippen LogP contribution in [0, 0.1) is 4.91 Å². The molecule has 0 saturated heterocycles. The van der Waals surface area contributed by atoms with Crippen molar-refractivity contribution in [2.24, 2.45) is 5.18 Å². The van der Waals surface area contributed by atoms with E-state index in [0.29, 0.717) is 5.69 Å². The molecular weight excluding hydrogens is 150 g/mol. The molecule has 0 N–H and O–H groups in total. The number of hydrogen-bond donors (Lipinski definition) is 0. The summed E-state index contributed by atoms with van der Waals surface area (Å²) in [5.74, 6) is 0. The molecule has 0 bridgehead atoms. The topological polar surface area (TPSA) is 29.4 Å². The van der Waals surface area contributed by atoms with Gasteiger partial charge in [0, 0.05) is 0 Å². The molecule has 2 nitrogen and oxygen atoms in total. The summed E-state index contributed by atoms with van der Waals surface area (Å²) in [5.41, 5.74) is 0.480. The van der Waals surface area contributed by atoms with Crippen LogP contribution < -0.4 is 0 Å². The van der Waals surface area contributed by atoms with Crippen molar-refractivity contribution in [2.75, 3.05) is 0 Å². The highest BCUT2D eigenvalue weighted by molar-refractivity contribution is 5.84. The van der Waals surface area contributed by atoms with Crippen LogP contribution in [0.5, 0.6) is 0 Å². The van der Waals surface area contributed by atoms with Gasteiger partial charge < -0.3 is 0 Å². The maximum absolute atomic E-state index is 10.2. The van der Waals surface area contributed by atoms with Crippen molar-refractivity contribution in [2.45, 2.75) is 0 Å². The minimum atomic E-state index is 0.480. The third kappa shape index (κ3) is 1.07. The summed E-state index contributed by atoms with van der Waals surface area (Å²) >= 11 is 0. The third-order valence-electron chi connectivity index (χ3n) is 1.84. The van der Waals surface area contributed by atoms with E-state index >= 15 is 0 Å². The molecule has 0 amide bonds. The second kappa shape index (κ2) is 2.74. The second-order valence-corrected chi connectivity index (χ2v) is 2.62. The Morgan fingerprint density at radius 1 is 0.917 bits per heavy atom. The quantitative estimate of drug-likeness (QED) is 0.584. The molecule has 0 aliphatic rings. The summed E-state index contributed by atoms with van der Waals surface area (Å²) in [6.45, 7) is 0. The van der Waals surface area contributed by atoms with Crippen LogP contribution >= 0.6 is 0 Å². The van der Waals surface area contributed by atoms with Crippen molar-refractivity contribution in [1.29, 1.82) is 0 Å². The van der Waals surface area contributed by atoms with E-state index in [1.807, 2.05) is 30.3 Å². The Balaban J connectivity index is 2.75. The Morgan fingerprint density at radius 3 is 2.42 bits per heavy atom. The van der Waals surface area contributed by atoms with Gasteiger partial charge in [0.2, 0.25) is 0 Å². The Labute approximate surface area is 69.8 Å². The van der Waals surface area contributed by atoms with Gasteiger partial charge in [0.15, 0.2) is 0 Å².